The monoisotopic (exact) mass is 303 g/mol. The van der Waals surface area contributed by atoms with Gasteiger partial charge in [0.15, 0.2) is 0 Å². The zero-order chi connectivity index (χ0) is 15.2. The van der Waals surface area contributed by atoms with E-state index in [0.717, 1.165) is 24.5 Å². The first-order valence-corrected chi connectivity index (χ1v) is 8.19. The summed E-state index contributed by atoms with van der Waals surface area (Å²) in [6.45, 7) is 5.35. The molecule has 0 saturated carbocycles. The summed E-state index contributed by atoms with van der Waals surface area (Å²) in [4.78, 5) is 2.94. The number of hydrogen-bond donors (Lipinski definition) is 2. The van der Waals surface area contributed by atoms with Crippen LogP contribution in [-0.4, -0.2) is 30.6 Å². The van der Waals surface area contributed by atoms with E-state index in [2.05, 4.69) is 23.2 Å². The zero-order valence-electron chi connectivity index (χ0n) is 12.4. The van der Waals surface area contributed by atoms with Crippen LogP contribution in [0.2, 0.25) is 0 Å². The van der Waals surface area contributed by atoms with E-state index in [1.54, 1.807) is 0 Å². The second kappa shape index (κ2) is 7.31. The van der Waals surface area contributed by atoms with Crippen molar-refractivity contribution in [1.29, 1.82) is 10.5 Å². The summed E-state index contributed by atoms with van der Waals surface area (Å²) >= 11 is 1.26. The molecule has 0 bridgehead atoms. The summed E-state index contributed by atoms with van der Waals surface area (Å²) < 4.78 is 0. The lowest BCUT2D eigenvalue weighted by molar-refractivity contribution is 0.160. The number of thiophene rings is 1. The molecule has 0 amide bonds. The molecule has 6 heteroatoms. The van der Waals surface area contributed by atoms with E-state index in [0.29, 0.717) is 22.2 Å². The highest BCUT2D eigenvalue weighted by Gasteiger charge is 2.18. The maximum absolute atomic E-state index is 9.12. The van der Waals surface area contributed by atoms with Crippen molar-refractivity contribution in [1.82, 2.24) is 4.90 Å². The number of nitriles is 2. The van der Waals surface area contributed by atoms with Crippen molar-refractivity contribution in [2.24, 2.45) is 0 Å². The Labute approximate surface area is 130 Å². The largest absolute Gasteiger partial charge is 0.396 e. The highest BCUT2D eigenvalue weighted by Crippen LogP contribution is 2.34. The van der Waals surface area contributed by atoms with Crippen molar-refractivity contribution in [3.8, 4) is 12.1 Å². The van der Waals surface area contributed by atoms with Gasteiger partial charge in [0.25, 0.3) is 0 Å². The lowest BCUT2D eigenvalue weighted by Gasteiger charge is -2.33. The number of rotatable bonds is 5. The van der Waals surface area contributed by atoms with Gasteiger partial charge in [0.05, 0.1) is 5.69 Å². The fraction of sp³-hybridized carbons (Fsp3) is 0.600. The number of nitrogens with two attached hydrogens (primary N) is 1. The van der Waals surface area contributed by atoms with Gasteiger partial charge in [-0.3, -0.25) is 0 Å². The van der Waals surface area contributed by atoms with Crippen LogP contribution in [0.15, 0.2) is 0 Å². The molecule has 1 unspecified atom stereocenters. The molecule has 1 atom stereocenters. The van der Waals surface area contributed by atoms with Crippen molar-refractivity contribution < 1.29 is 0 Å². The molecule has 1 aromatic heterocycles. The fourth-order valence-corrected chi connectivity index (χ4v) is 3.63. The van der Waals surface area contributed by atoms with Gasteiger partial charge in [-0.1, -0.05) is 6.42 Å². The van der Waals surface area contributed by atoms with Crippen molar-refractivity contribution >= 4 is 22.0 Å². The lowest BCUT2D eigenvalue weighted by Crippen LogP contribution is -2.38. The Bertz CT molecular complexity index is 566. The quantitative estimate of drug-likeness (QED) is 0.816. The minimum Gasteiger partial charge on any atom is -0.396 e. The molecule has 1 aliphatic heterocycles. The zero-order valence-corrected chi connectivity index (χ0v) is 13.2. The predicted octanol–water partition coefficient (Wildman–Crippen LogP) is 2.75. The summed E-state index contributed by atoms with van der Waals surface area (Å²) in [5, 5.41) is 22.1. The molecule has 0 radical (unpaired) electrons. The fourth-order valence-electron chi connectivity index (χ4n) is 2.74. The second-order valence-electron chi connectivity index (χ2n) is 5.43. The summed E-state index contributed by atoms with van der Waals surface area (Å²) in [5.74, 6) is 0. The molecule has 21 heavy (non-hydrogen) atoms. The van der Waals surface area contributed by atoms with Gasteiger partial charge in [-0.25, -0.2) is 0 Å². The van der Waals surface area contributed by atoms with Crippen LogP contribution < -0.4 is 11.1 Å². The Kier molecular flexibility index (Phi) is 5.44. The van der Waals surface area contributed by atoms with E-state index >= 15 is 0 Å². The molecule has 0 spiro atoms. The van der Waals surface area contributed by atoms with Gasteiger partial charge in [0.1, 0.15) is 27.6 Å². The molecule has 2 rings (SSSR count). The third-order valence-electron chi connectivity index (χ3n) is 4.01. The Morgan fingerprint density at radius 1 is 1.38 bits per heavy atom. The number of likely N-dealkylation sites (tertiary alicyclic amines) is 1. The first-order chi connectivity index (χ1) is 10.2. The second-order valence-corrected chi connectivity index (χ2v) is 6.45. The molecular formula is C15H21N5S. The van der Waals surface area contributed by atoms with Crippen LogP contribution in [0.5, 0.6) is 0 Å². The maximum atomic E-state index is 9.12. The molecule has 1 aliphatic rings. The molecule has 1 aromatic rings. The summed E-state index contributed by atoms with van der Waals surface area (Å²) in [7, 11) is 0. The Morgan fingerprint density at radius 2 is 2.19 bits per heavy atom. The number of nitrogens with zero attached hydrogens (tertiary/aromatic N) is 3. The van der Waals surface area contributed by atoms with E-state index < -0.39 is 0 Å². The van der Waals surface area contributed by atoms with Gasteiger partial charge in [0, 0.05) is 19.1 Å². The molecule has 1 fully saturated rings. The third kappa shape index (κ3) is 3.66. The molecule has 3 N–H and O–H groups in total. The summed E-state index contributed by atoms with van der Waals surface area (Å²) in [5.41, 5.74) is 6.49. The first-order valence-electron chi connectivity index (χ1n) is 7.37. The molecular weight excluding hydrogens is 282 g/mol. The molecule has 0 aromatic carbocycles. The van der Waals surface area contributed by atoms with Crippen LogP contribution in [-0.2, 0) is 0 Å². The highest BCUT2D eigenvalue weighted by atomic mass is 32.1. The van der Waals surface area contributed by atoms with E-state index in [-0.39, 0.29) is 0 Å². The third-order valence-corrected chi connectivity index (χ3v) is 5.07. The maximum Gasteiger partial charge on any atom is 0.131 e. The Hall–Kier alpha value is -1.76. The number of piperidine rings is 1. The van der Waals surface area contributed by atoms with Crippen LogP contribution in [0, 0.1) is 22.7 Å². The van der Waals surface area contributed by atoms with Crippen molar-refractivity contribution in [3.63, 3.8) is 0 Å². The highest BCUT2D eigenvalue weighted by molar-refractivity contribution is 7.17. The van der Waals surface area contributed by atoms with Gasteiger partial charge in [0.2, 0.25) is 0 Å². The van der Waals surface area contributed by atoms with E-state index in [1.807, 2.05) is 6.07 Å². The molecule has 112 valence electrons. The van der Waals surface area contributed by atoms with Crippen LogP contribution in [0.4, 0.5) is 10.7 Å². The van der Waals surface area contributed by atoms with Crippen LogP contribution in [0.25, 0.3) is 0 Å². The van der Waals surface area contributed by atoms with Gasteiger partial charge >= 0.3 is 0 Å². The average Bonchev–Trinajstić information content (AvgIpc) is 2.80. The normalized spacial score (nSPS) is 18.9. The standard InChI is InChI=1S/C15H21N5S/c1-11-5-2-3-7-20(11)8-4-6-19-15-12(9-16)14(18)13(10-17)21-15/h11,19H,2-8,18H2,1H3. The van der Waals surface area contributed by atoms with Crippen molar-refractivity contribution in [2.75, 3.05) is 30.7 Å². The van der Waals surface area contributed by atoms with Crippen molar-refractivity contribution in [2.45, 2.75) is 38.6 Å². The van der Waals surface area contributed by atoms with E-state index in [4.69, 9.17) is 16.3 Å². The number of anilines is 2. The SMILES string of the molecule is CC1CCCCN1CCCNc1sc(C#N)c(N)c1C#N. The lowest BCUT2D eigenvalue weighted by atomic mass is 10.0. The Balaban J connectivity index is 1.84. The van der Waals surface area contributed by atoms with Gasteiger partial charge in [-0.05, 0) is 32.7 Å². The van der Waals surface area contributed by atoms with Gasteiger partial charge in [-0.2, -0.15) is 10.5 Å². The predicted molar refractivity (Wildman–Crippen MR) is 86.2 cm³/mol. The van der Waals surface area contributed by atoms with Crippen LogP contribution in [0.1, 0.15) is 43.0 Å². The molecule has 0 aliphatic carbocycles. The molecule has 1 saturated heterocycles. The van der Waals surface area contributed by atoms with Gasteiger partial charge < -0.3 is 16.0 Å². The first kappa shape index (κ1) is 15.6. The number of hydrogen-bond acceptors (Lipinski definition) is 6. The van der Waals surface area contributed by atoms with Crippen molar-refractivity contribution in [3.05, 3.63) is 10.4 Å². The summed E-state index contributed by atoms with van der Waals surface area (Å²) in [6, 6.07) is 4.79. The van der Waals surface area contributed by atoms with E-state index in [1.165, 1.54) is 37.1 Å². The minimum absolute atomic E-state index is 0.303. The smallest absolute Gasteiger partial charge is 0.131 e. The molecule has 2 heterocycles. The van der Waals surface area contributed by atoms with Gasteiger partial charge in [-0.15, -0.1) is 11.3 Å². The Morgan fingerprint density at radius 3 is 2.86 bits per heavy atom. The van der Waals surface area contributed by atoms with Crippen LogP contribution >= 0.6 is 11.3 Å². The summed E-state index contributed by atoms with van der Waals surface area (Å²) in [6.07, 6.45) is 4.95. The number of nitrogens with one attached hydrogen (secondary N) is 1. The number of nitrogen functional groups attached to an aromatic ring is 1. The van der Waals surface area contributed by atoms with E-state index in [9.17, 15) is 0 Å². The van der Waals surface area contributed by atoms with Crippen LogP contribution in [0.3, 0.4) is 0 Å². The minimum atomic E-state index is 0.303. The topological polar surface area (TPSA) is 88.9 Å². The molecule has 5 nitrogen and oxygen atoms in total. The average molecular weight is 303 g/mol.